The van der Waals surface area contributed by atoms with Crippen molar-refractivity contribution < 1.29 is 18.8 Å². The van der Waals surface area contributed by atoms with Crippen LogP contribution in [0.2, 0.25) is 0 Å². The third kappa shape index (κ3) is 11.3. The minimum Gasteiger partial charge on any atom is -0.491 e. The molecule has 4 aromatic carbocycles. The molecule has 0 heterocycles. The van der Waals surface area contributed by atoms with Crippen LogP contribution in [-0.4, -0.2) is 54.5 Å². The van der Waals surface area contributed by atoms with Crippen LogP contribution in [0.25, 0.3) is 0 Å². The Labute approximate surface area is 233 Å². The summed E-state index contributed by atoms with van der Waals surface area (Å²) in [4.78, 5) is 0. The highest BCUT2D eigenvalue weighted by molar-refractivity contribution is 6.47. The average Bonchev–Trinajstić information content (AvgIpc) is 2.99. The lowest BCUT2D eigenvalue weighted by atomic mass is 9.87. The molecule has 0 amide bonds. The standard InChI is InChI=1S/C31H36B2N2O4/c1-3-7-29(8-4-1)34-19-21-38-32-27-13-11-26(12-14-27)25-36-23-24-37-31-17-15-28(16-18-31)33-39-22-20-35-30-9-5-2-6-10-30/h1-18,32-35H,19-25H2. The molecule has 0 saturated carbocycles. The first-order chi connectivity index (χ1) is 19.3. The van der Waals surface area contributed by atoms with Crippen molar-refractivity contribution in [3.63, 3.8) is 0 Å². The Bertz CT molecular complexity index is 1090. The summed E-state index contributed by atoms with van der Waals surface area (Å²) in [5.41, 5.74) is 5.62. The van der Waals surface area contributed by atoms with E-state index >= 15 is 0 Å². The van der Waals surface area contributed by atoms with Gasteiger partial charge in [0.25, 0.3) is 0 Å². The Hall–Kier alpha value is -3.71. The van der Waals surface area contributed by atoms with Crippen LogP contribution in [0, 0.1) is 0 Å². The van der Waals surface area contributed by atoms with Gasteiger partial charge in [0.1, 0.15) is 12.4 Å². The van der Waals surface area contributed by atoms with Crippen LogP contribution in [0.3, 0.4) is 0 Å². The van der Waals surface area contributed by atoms with Gasteiger partial charge < -0.3 is 29.4 Å². The third-order valence-corrected chi connectivity index (χ3v) is 5.95. The maximum Gasteiger partial charge on any atom is 0.308 e. The summed E-state index contributed by atoms with van der Waals surface area (Å²) in [6.07, 6.45) is 0. The zero-order valence-corrected chi connectivity index (χ0v) is 22.4. The maximum atomic E-state index is 5.80. The lowest BCUT2D eigenvalue weighted by Crippen LogP contribution is -2.21. The molecule has 0 aliphatic carbocycles. The smallest absolute Gasteiger partial charge is 0.308 e. The fraction of sp³-hybridized carbons (Fsp3) is 0.226. The van der Waals surface area contributed by atoms with Crippen LogP contribution >= 0.6 is 0 Å². The largest absolute Gasteiger partial charge is 0.491 e. The van der Waals surface area contributed by atoms with Crippen molar-refractivity contribution >= 4 is 37.3 Å². The Balaban J connectivity index is 1.01. The van der Waals surface area contributed by atoms with Gasteiger partial charge in [0, 0.05) is 37.7 Å². The van der Waals surface area contributed by atoms with Crippen molar-refractivity contribution in [2.45, 2.75) is 6.61 Å². The van der Waals surface area contributed by atoms with Gasteiger partial charge in [-0.3, -0.25) is 0 Å². The Kier molecular flexibility index (Phi) is 12.3. The Morgan fingerprint density at radius 3 is 1.56 bits per heavy atom. The molecule has 4 aromatic rings. The van der Waals surface area contributed by atoms with E-state index in [1.165, 1.54) is 0 Å². The van der Waals surface area contributed by atoms with Crippen molar-refractivity contribution in [1.82, 2.24) is 0 Å². The number of ether oxygens (including phenoxy) is 2. The van der Waals surface area contributed by atoms with Crippen LogP contribution in [0.1, 0.15) is 5.56 Å². The first kappa shape index (κ1) is 28.3. The molecule has 200 valence electrons. The van der Waals surface area contributed by atoms with E-state index in [1.54, 1.807) is 0 Å². The summed E-state index contributed by atoms with van der Waals surface area (Å²) in [6, 6.07) is 36.6. The zero-order valence-electron chi connectivity index (χ0n) is 22.4. The van der Waals surface area contributed by atoms with E-state index in [4.69, 9.17) is 18.8 Å². The molecular formula is C31H36B2N2O4. The maximum absolute atomic E-state index is 5.80. The first-order valence-electron chi connectivity index (χ1n) is 13.5. The molecule has 0 saturated heterocycles. The van der Waals surface area contributed by atoms with Gasteiger partial charge in [0.15, 0.2) is 0 Å². The highest BCUT2D eigenvalue weighted by Gasteiger charge is 2.01. The van der Waals surface area contributed by atoms with Gasteiger partial charge in [-0.15, -0.1) is 0 Å². The van der Waals surface area contributed by atoms with Crippen LogP contribution in [0.5, 0.6) is 5.75 Å². The second-order valence-electron chi connectivity index (χ2n) is 9.05. The summed E-state index contributed by atoms with van der Waals surface area (Å²) in [7, 11) is 1.18. The van der Waals surface area contributed by atoms with Gasteiger partial charge in [0.05, 0.1) is 13.2 Å². The minimum atomic E-state index is 0.504. The molecule has 2 N–H and O–H groups in total. The molecule has 0 spiro atoms. The van der Waals surface area contributed by atoms with Crippen molar-refractivity contribution in [3.8, 4) is 5.75 Å². The number of para-hydroxylation sites is 2. The van der Waals surface area contributed by atoms with E-state index in [2.05, 4.69) is 47.0 Å². The van der Waals surface area contributed by atoms with E-state index in [1.807, 2.05) is 72.8 Å². The zero-order chi connectivity index (χ0) is 26.8. The summed E-state index contributed by atoms with van der Waals surface area (Å²) < 4.78 is 23.1. The molecule has 0 aliphatic rings. The molecule has 0 aliphatic heterocycles. The molecule has 39 heavy (non-hydrogen) atoms. The lowest BCUT2D eigenvalue weighted by molar-refractivity contribution is 0.0889. The van der Waals surface area contributed by atoms with E-state index < -0.39 is 0 Å². The molecule has 0 fully saturated rings. The van der Waals surface area contributed by atoms with Gasteiger partial charge in [-0.25, -0.2) is 0 Å². The topological polar surface area (TPSA) is 61.0 Å². The number of hydrogen-bond donors (Lipinski definition) is 2. The summed E-state index contributed by atoms with van der Waals surface area (Å²) in [5.74, 6) is 0.830. The van der Waals surface area contributed by atoms with Crippen molar-refractivity contribution in [2.24, 2.45) is 0 Å². The molecular weight excluding hydrogens is 486 g/mol. The van der Waals surface area contributed by atoms with Gasteiger partial charge in [-0.1, -0.05) is 83.7 Å². The van der Waals surface area contributed by atoms with Crippen LogP contribution in [0.4, 0.5) is 11.4 Å². The summed E-state index contributed by atoms with van der Waals surface area (Å²) >= 11 is 0. The van der Waals surface area contributed by atoms with Crippen molar-refractivity contribution in [3.05, 3.63) is 115 Å². The fourth-order valence-electron chi connectivity index (χ4n) is 3.85. The van der Waals surface area contributed by atoms with Crippen LogP contribution < -0.4 is 26.3 Å². The van der Waals surface area contributed by atoms with Gasteiger partial charge in [-0.2, -0.15) is 0 Å². The average molecular weight is 522 g/mol. The summed E-state index contributed by atoms with van der Waals surface area (Å²) in [6.45, 7) is 4.45. The molecule has 6 nitrogen and oxygen atoms in total. The third-order valence-electron chi connectivity index (χ3n) is 5.95. The van der Waals surface area contributed by atoms with E-state index in [-0.39, 0.29) is 0 Å². The van der Waals surface area contributed by atoms with Crippen molar-refractivity contribution in [2.75, 3.05) is 50.2 Å². The van der Waals surface area contributed by atoms with Gasteiger partial charge in [0.2, 0.25) is 0 Å². The molecule has 4 rings (SSSR count). The Morgan fingerprint density at radius 1 is 0.513 bits per heavy atom. The molecule has 0 atom stereocenters. The molecule has 0 unspecified atom stereocenters. The van der Waals surface area contributed by atoms with E-state index in [0.29, 0.717) is 48.0 Å². The van der Waals surface area contributed by atoms with Gasteiger partial charge >= 0.3 is 15.0 Å². The number of rotatable bonds is 18. The SMILES string of the molecule is B(OCCNc1ccccc1)c1ccc(COCCOc2ccc(BOCCNc3ccccc3)cc2)cc1. The van der Waals surface area contributed by atoms with E-state index in [9.17, 15) is 0 Å². The number of benzene rings is 4. The minimum absolute atomic E-state index is 0.504. The molecule has 0 bridgehead atoms. The number of hydrogen-bond acceptors (Lipinski definition) is 6. The Morgan fingerprint density at radius 2 is 1.03 bits per heavy atom. The van der Waals surface area contributed by atoms with Crippen LogP contribution in [0.15, 0.2) is 109 Å². The molecule has 0 radical (unpaired) electrons. The quantitative estimate of drug-likeness (QED) is 0.154. The number of nitrogens with one attached hydrogen (secondary N) is 2. The van der Waals surface area contributed by atoms with E-state index in [0.717, 1.165) is 46.7 Å². The highest BCUT2D eigenvalue weighted by atomic mass is 16.5. The van der Waals surface area contributed by atoms with Gasteiger partial charge in [-0.05, 0) is 42.0 Å². The monoisotopic (exact) mass is 522 g/mol. The predicted molar refractivity (Wildman–Crippen MR) is 163 cm³/mol. The molecule has 0 aromatic heterocycles. The first-order valence-corrected chi connectivity index (χ1v) is 13.5. The second-order valence-corrected chi connectivity index (χ2v) is 9.05. The summed E-state index contributed by atoms with van der Waals surface area (Å²) in [5, 5.41) is 6.68. The fourth-order valence-corrected chi connectivity index (χ4v) is 3.85. The lowest BCUT2D eigenvalue weighted by Gasteiger charge is -2.09. The van der Waals surface area contributed by atoms with Crippen LogP contribution in [-0.2, 0) is 20.7 Å². The molecule has 8 heteroatoms. The normalized spacial score (nSPS) is 10.6. The van der Waals surface area contributed by atoms with Crippen molar-refractivity contribution in [1.29, 1.82) is 0 Å². The number of anilines is 2. The predicted octanol–water partition coefficient (Wildman–Crippen LogP) is 3.49. The highest BCUT2D eigenvalue weighted by Crippen LogP contribution is 2.08. The second kappa shape index (κ2) is 17.0.